The van der Waals surface area contributed by atoms with E-state index >= 15 is 0 Å². The minimum Gasteiger partial charge on any atom is -0.456 e. The summed E-state index contributed by atoms with van der Waals surface area (Å²) in [4.78, 5) is 21.9. The van der Waals surface area contributed by atoms with Gasteiger partial charge in [0.2, 0.25) is 0 Å². The number of halogens is 1. The standard InChI is InChI=1S/C25H20FN3O2/c26-19-5-8-22-23(16-28-24(22)14-19)17-9-12-29(13-10-17)25(30)18-3-6-20(7-4-18)31-21-2-1-11-27-15-21/h1-9,11,14-16,28H,10,12-13H2. The van der Waals surface area contributed by atoms with Gasteiger partial charge in [-0.05, 0) is 66.6 Å². The number of nitrogens with zero attached hydrogens (tertiary/aromatic N) is 2. The molecule has 0 atom stereocenters. The number of carbonyl (C=O) groups is 1. The number of rotatable bonds is 4. The van der Waals surface area contributed by atoms with Crippen molar-refractivity contribution in [2.24, 2.45) is 0 Å². The second kappa shape index (κ2) is 8.07. The molecule has 4 aromatic rings. The molecule has 0 aliphatic carbocycles. The van der Waals surface area contributed by atoms with E-state index in [0.717, 1.165) is 22.9 Å². The lowest BCUT2D eigenvalue weighted by atomic mass is 9.98. The normalized spacial score (nSPS) is 13.8. The number of hydrogen-bond donors (Lipinski definition) is 1. The predicted octanol–water partition coefficient (Wildman–Crippen LogP) is 5.42. The molecule has 0 fully saturated rings. The van der Waals surface area contributed by atoms with E-state index < -0.39 is 0 Å². The van der Waals surface area contributed by atoms with Crippen molar-refractivity contribution in [3.63, 3.8) is 0 Å². The SMILES string of the molecule is O=C(c1ccc(Oc2cccnc2)cc1)N1CC=C(c2c[nH]c3cc(F)ccc23)CC1. The summed E-state index contributed by atoms with van der Waals surface area (Å²) in [6.45, 7) is 1.17. The van der Waals surface area contributed by atoms with Gasteiger partial charge >= 0.3 is 0 Å². The Morgan fingerprint density at radius 2 is 1.97 bits per heavy atom. The van der Waals surface area contributed by atoms with Crippen LogP contribution in [0.2, 0.25) is 0 Å². The zero-order valence-corrected chi connectivity index (χ0v) is 16.7. The van der Waals surface area contributed by atoms with Crippen LogP contribution in [0.15, 0.2) is 79.3 Å². The number of aromatic nitrogens is 2. The van der Waals surface area contributed by atoms with Gasteiger partial charge in [-0.15, -0.1) is 0 Å². The lowest BCUT2D eigenvalue weighted by Gasteiger charge is -2.26. The molecule has 31 heavy (non-hydrogen) atoms. The van der Waals surface area contributed by atoms with Crippen molar-refractivity contribution in [1.82, 2.24) is 14.9 Å². The fourth-order valence-electron chi connectivity index (χ4n) is 3.85. The Kier molecular flexibility index (Phi) is 4.96. The van der Waals surface area contributed by atoms with Gasteiger partial charge in [-0.3, -0.25) is 9.78 Å². The van der Waals surface area contributed by atoms with Gasteiger partial charge in [-0.2, -0.15) is 0 Å². The van der Waals surface area contributed by atoms with E-state index in [9.17, 15) is 9.18 Å². The second-order valence-corrected chi connectivity index (χ2v) is 7.44. The van der Waals surface area contributed by atoms with Crippen molar-refractivity contribution in [1.29, 1.82) is 0 Å². The van der Waals surface area contributed by atoms with Crippen molar-refractivity contribution >= 4 is 22.4 Å². The molecule has 0 saturated carbocycles. The van der Waals surface area contributed by atoms with E-state index in [1.807, 2.05) is 17.2 Å². The topological polar surface area (TPSA) is 58.2 Å². The largest absolute Gasteiger partial charge is 0.456 e. The number of benzene rings is 2. The maximum atomic E-state index is 13.4. The van der Waals surface area contributed by atoms with Crippen molar-refractivity contribution in [3.8, 4) is 11.5 Å². The monoisotopic (exact) mass is 413 g/mol. The van der Waals surface area contributed by atoms with Gasteiger partial charge in [0.1, 0.15) is 17.3 Å². The Balaban J connectivity index is 1.27. The molecule has 1 aliphatic rings. The van der Waals surface area contributed by atoms with Crippen LogP contribution >= 0.6 is 0 Å². The van der Waals surface area contributed by atoms with E-state index in [-0.39, 0.29) is 11.7 Å². The maximum Gasteiger partial charge on any atom is 0.254 e. The van der Waals surface area contributed by atoms with E-state index in [4.69, 9.17) is 4.74 Å². The van der Waals surface area contributed by atoms with Gasteiger partial charge in [0.15, 0.2) is 0 Å². The molecule has 5 rings (SSSR count). The van der Waals surface area contributed by atoms with Gasteiger partial charge in [0, 0.05) is 47.5 Å². The Morgan fingerprint density at radius 3 is 2.71 bits per heavy atom. The van der Waals surface area contributed by atoms with E-state index in [2.05, 4.69) is 16.0 Å². The number of H-pyrrole nitrogens is 1. The van der Waals surface area contributed by atoms with Gasteiger partial charge in [0.25, 0.3) is 5.91 Å². The average molecular weight is 413 g/mol. The van der Waals surface area contributed by atoms with E-state index in [1.165, 1.54) is 17.7 Å². The Bertz CT molecular complexity index is 1260. The predicted molar refractivity (Wildman–Crippen MR) is 118 cm³/mol. The Morgan fingerprint density at radius 1 is 1.10 bits per heavy atom. The summed E-state index contributed by atoms with van der Waals surface area (Å²) in [7, 11) is 0. The minimum atomic E-state index is -0.257. The smallest absolute Gasteiger partial charge is 0.254 e. The first-order valence-corrected chi connectivity index (χ1v) is 10.1. The lowest BCUT2D eigenvalue weighted by molar-refractivity contribution is 0.0773. The van der Waals surface area contributed by atoms with Gasteiger partial charge in [-0.25, -0.2) is 4.39 Å². The van der Waals surface area contributed by atoms with Crippen LogP contribution in [-0.4, -0.2) is 33.9 Å². The highest BCUT2D eigenvalue weighted by Crippen LogP contribution is 2.30. The zero-order valence-electron chi connectivity index (χ0n) is 16.7. The van der Waals surface area contributed by atoms with Crippen LogP contribution in [0, 0.1) is 5.82 Å². The van der Waals surface area contributed by atoms with Crippen molar-refractivity contribution < 1.29 is 13.9 Å². The van der Waals surface area contributed by atoms with Crippen molar-refractivity contribution in [3.05, 3.63) is 96.2 Å². The lowest BCUT2D eigenvalue weighted by Crippen LogP contribution is -2.34. The summed E-state index contributed by atoms with van der Waals surface area (Å²) in [6.07, 6.45) is 8.06. The first-order valence-electron chi connectivity index (χ1n) is 10.1. The molecule has 1 N–H and O–H groups in total. The van der Waals surface area contributed by atoms with Crippen LogP contribution in [0.3, 0.4) is 0 Å². The molecule has 3 heterocycles. The van der Waals surface area contributed by atoms with Gasteiger partial charge < -0.3 is 14.6 Å². The molecule has 0 saturated heterocycles. The fraction of sp³-hybridized carbons (Fsp3) is 0.120. The molecular weight excluding hydrogens is 393 g/mol. The first kappa shape index (κ1) is 19.1. The average Bonchev–Trinajstić information content (AvgIpc) is 3.23. The third-order valence-electron chi connectivity index (χ3n) is 5.46. The molecule has 0 spiro atoms. The van der Waals surface area contributed by atoms with Crippen LogP contribution in [-0.2, 0) is 0 Å². The highest BCUT2D eigenvalue weighted by molar-refractivity contribution is 5.96. The molecule has 0 bridgehead atoms. The maximum absolute atomic E-state index is 13.4. The van der Waals surface area contributed by atoms with E-state index in [0.29, 0.717) is 30.2 Å². The number of aromatic amines is 1. The summed E-state index contributed by atoms with van der Waals surface area (Å²) in [5, 5.41) is 0.997. The Labute approximate surface area is 178 Å². The highest BCUT2D eigenvalue weighted by Gasteiger charge is 2.20. The number of ether oxygens (including phenoxy) is 1. The molecule has 2 aromatic carbocycles. The summed E-state index contributed by atoms with van der Waals surface area (Å²) in [5.74, 6) is 1.04. The van der Waals surface area contributed by atoms with Crippen LogP contribution in [0.1, 0.15) is 22.3 Å². The third kappa shape index (κ3) is 3.92. The molecule has 2 aromatic heterocycles. The van der Waals surface area contributed by atoms with Gasteiger partial charge in [0.05, 0.1) is 6.20 Å². The highest BCUT2D eigenvalue weighted by atomic mass is 19.1. The third-order valence-corrected chi connectivity index (χ3v) is 5.46. The molecular formula is C25H20FN3O2. The van der Waals surface area contributed by atoms with Crippen LogP contribution in [0.4, 0.5) is 4.39 Å². The second-order valence-electron chi connectivity index (χ2n) is 7.44. The van der Waals surface area contributed by atoms with Crippen LogP contribution < -0.4 is 4.74 Å². The minimum absolute atomic E-state index is 0.00998. The number of fused-ring (bicyclic) bond motifs is 1. The molecule has 5 nitrogen and oxygen atoms in total. The molecule has 6 heteroatoms. The van der Waals surface area contributed by atoms with E-state index in [1.54, 1.807) is 48.8 Å². The molecule has 0 unspecified atom stereocenters. The molecule has 0 radical (unpaired) electrons. The molecule has 1 aliphatic heterocycles. The number of pyridine rings is 1. The number of nitrogens with one attached hydrogen (secondary N) is 1. The first-order chi connectivity index (χ1) is 15.2. The summed E-state index contributed by atoms with van der Waals surface area (Å²) in [6, 6.07) is 15.5. The Hall–Kier alpha value is -3.93. The fourth-order valence-corrected chi connectivity index (χ4v) is 3.85. The van der Waals surface area contributed by atoms with Crippen molar-refractivity contribution in [2.75, 3.05) is 13.1 Å². The number of amides is 1. The zero-order chi connectivity index (χ0) is 21.2. The number of carbonyl (C=O) groups excluding carboxylic acids is 1. The van der Waals surface area contributed by atoms with Gasteiger partial charge in [-0.1, -0.05) is 6.08 Å². The number of hydrogen-bond acceptors (Lipinski definition) is 3. The van der Waals surface area contributed by atoms with Crippen LogP contribution in [0.25, 0.3) is 16.5 Å². The summed E-state index contributed by atoms with van der Waals surface area (Å²) >= 11 is 0. The summed E-state index contributed by atoms with van der Waals surface area (Å²) < 4.78 is 19.2. The van der Waals surface area contributed by atoms with Crippen molar-refractivity contribution in [2.45, 2.75) is 6.42 Å². The molecule has 1 amide bonds. The quantitative estimate of drug-likeness (QED) is 0.486. The molecule has 154 valence electrons. The summed E-state index contributed by atoms with van der Waals surface area (Å²) in [5.41, 5.74) is 3.64. The van der Waals surface area contributed by atoms with Crippen LogP contribution in [0.5, 0.6) is 11.5 Å².